The van der Waals surface area contributed by atoms with E-state index in [4.69, 9.17) is 11.6 Å². The number of halogens is 1. The zero-order valence-electron chi connectivity index (χ0n) is 14.4. The summed E-state index contributed by atoms with van der Waals surface area (Å²) in [6, 6.07) is 22.6. The molecule has 5 heteroatoms. The summed E-state index contributed by atoms with van der Waals surface area (Å²) in [4.78, 5) is 4.50. The van der Waals surface area contributed by atoms with Crippen LogP contribution in [0.3, 0.4) is 0 Å². The lowest BCUT2D eigenvalue weighted by atomic mass is 9.93. The van der Waals surface area contributed by atoms with Crippen LogP contribution < -0.4 is 0 Å². The Morgan fingerprint density at radius 2 is 1.48 bits per heavy atom. The third kappa shape index (κ3) is 3.65. The van der Waals surface area contributed by atoms with Crippen LogP contribution >= 0.6 is 11.6 Å². The van der Waals surface area contributed by atoms with Crippen LogP contribution in [0, 0.1) is 40.9 Å². The van der Waals surface area contributed by atoms with E-state index in [-0.39, 0.29) is 11.3 Å². The normalized spacial score (nSPS) is 10.1. The predicted molar refractivity (Wildman–Crippen MR) is 104 cm³/mol. The first-order chi connectivity index (χ1) is 13.1. The molecule has 3 rings (SSSR count). The minimum Gasteiger partial charge on any atom is -0.249 e. The smallest absolute Gasteiger partial charge is 0.176 e. The molecule has 0 saturated heterocycles. The number of rotatable bonds is 3. The number of hydrogen-bond acceptors (Lipinski definition) is 4. The highest BCUT2D eigenvalue weighted by molar-refractivity contribution is 6.30. The van der Waals surface area contributed by atoms with Crippen LogP contribution in [0.5, 0.6) is 0 Å². The molecule has 0 bridgehead atoms. The van der Waals surface area contributed by atoms with Crippen LogP contribution in [0.25, 0.3) is 22.4 Å². The Labute approximate surface area is 162 Å². The van der Waals surface area contributed by atoms with Gasteiger partial charge in [-0.2, -0.15) is 15.8 Å². The number of pyridine rings is 1. The van der Waals surface area contributed by atoms with Crippen molar-refractivity contribution in [1.82, 2.24) is 4.98 Å². The molecule has 1 aromatic heterocycles. The van der Waals surface area contributed by atoms with E-state index in [2.05, 4.69) is 11.1 Å². The third-order valence-corrected chi connectivity index (χ3v) is 4.45. The van der Waals surface area contributed by atoms with E-state index >= 15 is 0 Å². The number of nitrogens with zero attached hydrogens (tertiary/aromatic N) is 4. The molecule has 2 aromatic carbocycles. The summed E-state index contributed by atoms with van der Waals surface area (Å²) in [5, 5.41) is 29.0. The van der Waals surface area contributed by atoms with E-state index in [0.717, 1.165) is 16.7 Å². The second-order valence-corrected chi connectivity index (χ2v) is 6.43. The summed E-state index contributed by atoms with van der Waals surface area (Å²) in [6.07, 6.45) is 0. The van der Waals surface area contributed by atoms with Crippen LogP contribution in [0.4, 0.5) is 0 Å². The molecule has 3 aromatic rings. The van der Waals surface area contributed by atoms with Crippen molar-refractivity contribution < 1.29 is 0 Å². The summed E-state index contributed by atoms with van der Waals surface area (Å²) in [6.45, 7) is 1.99. The molecule has 0 aliphatic carbocycles. The van der Waals surface area contributed by atoms with Crippen LogP contribution in [0.2, 0.25) is 5.02 Å². The summed E-state index contributed by atoms with van der Waals surface area (Å²) in [7, 11) is 0. The average Bonchev–Trinajstić information content (AvgIpc) is 2.69. The van der Waals surface area contributed by atoms with Crippen molar-refractivity contribution in [2.75, 3.05) is 0 Å². The van der Waals surface area contributed by atoms with E-state index in [9.17, 15) is 15.8 Å². The largest absolute Gasteiger partial charge is 0.249 e. The first-order valence-electron chi connectivity index (χ1n) is 8.14. The first-order valence-corrected chi connectivity index (χ1v) is 8.52. The molecule has 27 heavy (non-hydrogen) atoms. The number of aromatic nitrogens is 1. The highest BCUT2D eigenvalue weighted by atomic mass is 35.5. The van der Waals surface area contributed by atoms with Crippen LogP contribution in [-0.4, -0.2) is 4.98 Å². The van der Waals surface area contributed by atoms with Gasteiger partial charge in [-0.05, 0) is 30.7 Å². The number of benzene rings is 2. The Kier molecular flexibility index (Phi) is 5.18. The van der Waals surface area contributed by atoms with Crippen molar-refractivity contribution in [1.29, 1.82) is 15.8 Å². The van der Waals surface area contributed by atoms with Gasteiger partial charge in [0.25, 0.3) is 0 Å². The molecule has 0 unspecified atom stereocenters. The van der Waals surface area contributed by atoms with E-state index in [1.54, 1.807) is 24.3 Å². The highest BCUT2D eigenvalue weighted by Crippen LogP contribution is 2.33. The van der Waals surface area contributed by atoms with Gasteiger partial charge < -0.3 is 0 Å². The fourth-order valence-electron chi connectivity index (χ4n) is 2.77. The summed E-state index contributed by atoms with van der Waals surface area (Å²) in [5.41, 5.74) is 4.33. The standard InChI is InChI=1S/C22H13ClN4/c1-14-2-4-16(5-3-14)21-10-19(15-6-8-18(23)9-7-15)20(13-26)22(27-21)17(11-24)12-25/h2-10,17H,1H3. The molecule has 0 radical (unpaired) electrons. The maximum Gasteiger partial charge on any atom is 0.176 e. The minimum absolute atomic E-state index is 0.172. The molecule has 0 saturated carbocycles. The van der Waals surface area contributed by atoms with E-state index in [1.165, 1.54) is 0 Å². The van der Waals surface area contributed by atoms with Gasteiger partial charge in [0.15, 0.2) is 5.92 Å². The number of aryl methyl sites for hydroxylation is 1. The third-order valence-electron chi connectivity index (χ3n) is 4.19. The Morgan fingerprint density at radius 1 is 0.889 bits per heavy atom. The zero-order valence-corrected chi connectivity index (χ0v) is 15.2. The minimum atomic E-state index is -1.13. The van der Waals surface area contributed by atoms with Gasteiger partial charge in [-0.3, -0.25) is 0 Å². The molecule has 0 aliphatic heterocycles. The van der Waals surface area contributed by atoms with Crippen molar-refractivity contribution in [3.05, 3.63) is 76.4 Å². The van der Waals surface area contributed by atoms with Gasteiger partial charge in [-0.15, -0.1) is 0 Å². The van der Waals surface area contributed by atoms with Crippen molar-refractivity contribution >= 4 is 11.6 Å². The molecule has 0 atom stereocenters. The number of nitriles is 3. The fraction of sp³-hybridized carbons (Fsp3) is 0.0909. The fourth-order valence-corrected chi connectivity index (χ4v) is 2.90. The van der Waals surface area contributed by atoms with Gasteiger partial charge in [0.05, 0.1) is 29.1 Å². The van der Waals surface area contributed by atoms with E-state index in [0.29, 0.717) is 16.3 Å². The van der Waals surface area contributed by atoms with Crippen molar-refractivity contribution in [3.63, 3.8) is 0 Å². The summed E-state index contributed by atoms with van der Waals surface area (Å²) < 4.78 is 0. The molecule has 1 heterocycles. The topological polar surface area (TPSA) is 84.3 Å². The molecule has 0 amide bonds. The van der Waals surface area contributed by atoms with Crippen LogP contribution in [0.15, 0.2) is 54.6 Å². The van der Waals surface area contributed by atoms with Crippen molar-refractivity contribution in [2.45, 2.75) is 12.8 Å². The monoisotopic (exact) mass is 368 g/mol. The molecular weight excluding hydrogens is 356 g/mol. The lowest BCUT2D eigenvalue weighted by Crippen LogP contribution is -2.04. The van der Waals surface area contributed by atoms with Crippen LogP contribution in [0.1, 0.15) is 22.7 Å². The van der Waals surface area contributed by atoms with Gasteiger partial charge in [0, 0.05) is 16.1 Å². The molecule has 4 nitrogen and oxygen atoms in total. The van der Waals surface area contributed by atoms with Gasteiger partial charge >= 0.3 is 0 Å². The highest BCUT2D eigenvalue weighted by Gasteiger charge is 2.22. The first kappa shape index (κ1) is 18.2. The average molecular weight is 369 g/mol. The predicted octanol–water partition coefficient (Wildman–Crippen LogP) is 5.38. The molecule has 0 spiro atoms. The Bertz CT molecular complexity index is 1100. The molecule has 0 fully saturated rings. The van der Waals surface area contributed by atoms with Crippen molar-refractivity contribution in [2.24, 2.45) is 0 Å². The molecule has 0 N–H and O–H groups in total. The lowest BCUT2D eigenvalue weighted by molar-refractivity contribution is 1.01. The summed E-state index contributed by atoms with van der Waals surface area (Å²) in [5.74, 6) is -1.13. The second-order valence-electron chi connectivity index (χ2n) is 5.99. The summed E-state index contributed by atoms with van der Waals surface area (Å²) >= 11 is 5.98. The Balaban J connectivity index is 2.32. The van der Waals surface area contributed by atoms with Crippen LogP contribution in [-0.2, 0) is 0 Å². The quantitative estimate of drug-likeness (QED) is 0.621. The van der Waals surface area contributed by atoms with Gasteiger partial charge in [0.2, 0.25) is 0 Å². The Hall–Kier alpha value is -3.65. The zero-order chi connectivity index (χ0) is 19.4. The molecule has 0 aliphatic rings. The molecular formula is C22H13ClN4. The maximum atomic E-state index is 9.72. The molecule has 128 valence electrons. The van der Waals surface area contributed by atoms with Gasteiger partial charge in [-0.1, -0.05) is 53.6 Å². The SMILES string of the molecule is Cc1ccc(-c2cc(-c3ccc(Cl)cc3)c(C#N)c(C(C#N)C#N)n2)cc1. The maximum absolute atomic E-state index is 9.72. The number of hydrogen-bond donors (Lipinski definition) is 0. The lowest BCUT2D eigenvalue weighted by Gasteiger charge is -2.13. The van der Waals surface area contributed by atoms with E-state index in [1.807, 2.05) is 49.4 Å². The van der Waals surface area contributed by atoms with Gasteiger partial charge in [-0.25, -0.2) is 4.98 Å². The van der Waals surface area contributed by atoms with E-state index < -0.39 is 5.92 Å². The van der Waals surface area contributed by atoms with Gasteiger partial charge in [0.1, 0.15) is 6.07 Å². The Morgan fingerprint density at radius 3 is 2.04 bits per heavy atom. The second kappa shape index (κ2) is 7.71. The van der Waals surface area contributed by atoms with Crippen molar-refractivity contribution in [3.8, 4) is 40.6 Å².